The summed E-state index contributed by atoms with van der Waals surface area (Å²) in [6, 6.07) is 15.5. The molecule has 5 heteroatoms. The van der Waals surface area contributed by atoms with E-state index in [0.717, 1.165) is 12.1 Å². The Morgan fingerprint density at radius 2 is 1.79 bits per heavy atom. The first-order valence-corrected chi connectivity index (χ1v) is 7.96. The quantitative estimate of drug-likeness (QED) is 0.853. The minimum atomic E-state index is -0.239. The molecule has 2 aromatic rings. The highest BCUT2D eigenvalue weighted by Crippen LogP contribution is 2.22. The SMILES string of the molecule is COc1ccccc1NC(=O)NC(C)Cc1ccc(N(C)C)cc1. The predicted molar refractivity (Wildman–Crippen MR) is 99.1 cm³/mol. The molecule has 1 atom stereocenters. The second-order valence-electron chi connectivity index (χ2n) is 5.96. The maximum Gasteiger partial charge on any atom is 0.319 e. The second-order valence-corrected chi connectivity index (χ2v) is 5.96. The average Bonchev–Trinajstić information content (AvgIpc) is 2.55. The van der Waals surface area contributed by atoms with Gasteiger partial charge in [0.05, 0.1) is 12.8 Å². The molecule has 0 aliphatic heterocycles. The van der Waals surface area contributed by atoms with E-state index in [0.29, 0.717) is 11.4 Å². The van der Waals surface area contributed by atoms with Crippen LogP contribution in [0.1, 0.15) is 12.5 Å². The maximum absolute atomic E-state index is 12.1. The lowest BCUT2D eigenvalue weighted by Gasteiger charge is -2.17. The van der Waals surface area contributed by atoms with Crippen molar-refractivity contribution in [3.05, 3.63) is 54.1 Å². The van der Waals surface area contributed by atoms with Crippen molar-refractivity contribution in [3.63, 3.8) is 0 Å². The molecule has 2 N–H and O–H groups in total. The summed E-state index contributed by atoms with van der Waals surface area (Å²) in [5, 5.41) is 5.77. The van der Waals surface area contributed by atoms with Gasteiger partial charge in [-0.3, -0.25) is 0 Å². The van der Waals surface area contributed by atoms with Gasteiger partial charge in [0, 0.05) is 25.8 Å². The number of nitrogens with zero attached hydrogens (tertiary/aromatic N) is 1. The van der Waals surface area contributed by atoms with E-state index in [2.05, 4.69) is 39.8 Å². The molecule has 0 radical (unpaired) electrons. The van der Waals surface area contributed by atoms with Crippen LogP contribution in [0.3, 0.4) is 0 Å². The van der Waals surface area contributed by atoms with E-state index >= 15 is 0 Å². The van der Waals surface area contributed by atoms with Gasteiger partial charge in [-0.1, -0.05) is 24.3 Å². The van der Waals surface area contributed by atoms with Gasteiger partial charge in [-0.05, 0) is 43.2 Å². The van der Waals surface area contributed by atoms with Crippen LogP contribution in [0.15, 0.2) is 48.5 Å². The van der Waals surface area contributed by atoms with Crippen LogP contribution in [0.5, 0.6) is 5.75 Å². The lowest BCUT2D eigenvalue weighted by molar-refractivity contribution is 0.249. The van der Waals surface area contributed by atoms with Crippen molar-refractivity contribution in [3.8, 4) is 5.75 Å². The third-order valence-electron chi connectivity index (χ3n) is 3.73. The number of methoxy groups -OCH3 is 1. The van der Waals surface area contributed by atoms with Gasteiger partial charge in [0.15, 0.2) is 0 Å². The largest absolute Gasteiger partial charge is 0.495 e. The predicted octanol–water partition coefficient (Wildman–Crippen LogP) is 3.51. The Balaban J connectivity index is 1.89. The van der Waals surface area contributed by atoms with Crippen LogP contribution >= 0.6 is 0 Å². The number of ether oxygens (including phenoxy) is 1. The van der Waals surface area contributed by atoms with E-state index in [1.54, 1.807) is 7.11 Å². The number of amides is 2. The van der Waals surface area contributed by atoms with Crippen molar-refractivity contribution in [1.29, 1.82) is 0 Å². The van der Waals surface area contributed by atoms with E-state index in [1.807, 2.05) is 45.3 Å². The smallest absolute Gasteiger partial charge is 0.319 e. The van der Waals surface area contributed by atoms with Gasteiger partial charge in [0.1, 0.15) is 5.75 Å². The van der Waals surface area contributed by atoms with Crippen LogP contribution in [-0.4, -0.2) is 33.3 Å². The van der Waals surface area contributed by atoms with Gasteiger partial charge < -0.3 is 20.3 Å². The minimum Gasteiger partial charge on any atom is -0.495 e. The number of para-hydroxylation sites is 2. The first kappa shape index (κ1) is 17.7. The average molecular weight is 327 g/mol. The van der Waals surface area contributed by atoms with E-state index in [4.69, 9.17) is 4.74 Å². The highest BCUT2D eigenvalue weighted by molar-refractivity contribution is 5.91. The molecule has 0 spiro atoms. The van der Waals surface area contributed by atoms with Crippen LogP contribution in [0.4, 0.5) is 16.2 Å². The Labute approximate surface area is 143 Å². The molecular formula is C19H25N3O2. The van der Waals surface area contributed by atoms with Crippen molar-refractivity contribution in [1.82, 2.24) is 5.32 Å². The van der Waals surface area contributed by atoms with Gasteiger partial charge in [-0.25, -0.2) is 4.79 Å². The topological polar surface area (TPSA) is 53.6 Å². The number of carbonyl (C=O) groups is 1. The Morgan fingerprint density at radius 1 is 1.12 bits per heavy atom. The van der Waals surface area contributed by atoms with Crippen LogP contribution < -0.4 is 20.3 Å². The fourth-order valence-electron chi connectivity index (χ4n) is 2.46. The van der Waals surface area contributed by atoms with Gasteiger partial charge in [0.2, 0.25) is 0 Å². The fraction of sp³-hybridized carbons (Fsp3) is 0.316. The molecule has 1 unspecified atom stereocenters. The summed E-state index contributed by atoms with van der Waals surface area (Å²) in [4.78, 5) is 14.2. The van der Waals surface area contributed by atoms with E-state index in [-0.39, 0.29) is 12.1 Å². The number of urea groups is 1. The molecular weight excluding hydrogens is 302 g/mol. The number of anilines is 2. The van der Waals surface area contributed by atoms with E-state index in [9.17, 15) is 4.79 Å². The van der Waals surface area contributed by atoms with Crippen LogP contribution in [0.25, 0.3) is 0 Å². The number of benzene rings is 2. The molecule has 0 fully saturated rings. The van der Waals surface area contributed by atoms with Crippen molar-refractivity contribution in [2.75, 3.05) is 31.4 Å². The molecule has 5 nitrogen and oxygen atoms in total. The van der Waals surface area contributed by atoms with Crippen LogP contribution in [0, 0.1) is 0 Å². The normalized spacial score (nSPS) is 11.5. The third-order valence-corrected chi connectivity index (χ3v) is 3.73. The second kappa shape index (κ2) is 8.24. The highest BCUT2D eigenvalue weighted by Gasteiger charge is 2.10. The number of carbonyl (C=O) groups excluding carboxylic acids is 1. The lowest BCUT2D eigenvalue weighted by Crippen LogP contribution is -2.37. The Bertz CT molecular complexity index is 669. The van der Waals surface area contributed by atoms with Crippen molar-refractivity contribution in [2.45, 2.75) is 19.4 Å². The van der Waals surface area contributed by atoms with Crippen molar-refractivity contribution >= 4 is 17.4 Å². The number of hydrogen-bond acceptors (Lipinski definition) is 3. The summed E-state index contributed by atoms with van der Waals surface area (Å²) in [6.45, 7) is 1.99. The zero-order valence-corrected chi connectivity index (χ0v) is 14.7. The van der Waals surface area contributed by atoms with Crippen molar-refractivity contribution in [2.24, 2.45) is 0 Å². The Morgan fingerprint density at radius 3 is 2.42 bits per heavy atom. The number of hydrogen-bond donors (Lipinski definition) is 2. The third kappa shape index (κ3) is 4.91. The first-order chi connectivity index (χ1) is 11.5. The highest BCUT2D eigenvalue weighted by atomic mass is 16.5. The zero-order chi connectivity index (χ0) is 17.5. The van der Waals surface area contributed by atoms with Gasteiger partial charge >= 0.3 is 6.03 Å². The summed E-state index contributed by atoms with van der Waals surface area (Å²) in [7, 11) is 5.61. The summed E-state index contributed by atoms with van der Waals surface area (Å²) < 4.78 is 5.23. The van der Waals surface area contributed by atoms with Gasteiger partial charge in [-0.2, -0.15) is 0 Å². The van der Waals surface area contributed by atoms with Crippen LogP contribution in [-0.2, 0) is 6.42 Å². The first-order valence-electron chi connectivity index (χ1n) is 7.96. The van der Waals surface area contributed by atoms with Crippen LogP contribution in [0.2, 0.25) is 0 Å². The zero-order valence-electron chi connectivity index (χ0n) is 14.7. The molecule has 24 heavy (non-hydrogen) atoms. The molecule has 0 aliphatic carbocycles. The van der Waals surface area contributed by atoms with Gasteiger partial charge in [-0.15, -0.1) is 0 Å². The van der Waals surface area contributed by atoms with E-state index in [1.165, 1.54) is 5.56 Å². The summed E-state index contributed by atoms with van der Waals surface area (Å²) >= 11 is 0. The van der Waals surface area contributed by atoms with Gasteiger partial charge in [0.25, 0.3) is 0 Å². The number of nitrogens with one attached hydrogen (secondary N) is 2. The standard InChI is InChI=1S/C19H25N3O2/c1-14(13-15-9-11-16(12-10-15)22(2)3)20-19(23)21-17-7-5-6-8-18(17)24-4/h5-12,14H,13H2,1-4H3,(H2,20,21,23). The molecule has 0 saturated heterocycles. The molecule has 0 aliphatic rings. The molecule has 2 amide bonds. The molecule has 0 saturated carbocycles. The number of rotatable bonds is 6. The summed E-state index contributed by atoms with van der Waals surface area (Å²) in [5.41, 5.74) is 3.00. The summed E-state index contributed by atoms with van der Waals surface area (Å²) in [6.07, 6.45) is 0.771. The monoisotopic (exact) mass is 327 g/mol. The molecule has 2 aromatic carbocycles. The Hall–Kier alpha value is -2.69. The maximum atomic E-state index is 12.1. The lowest BCUT2D eigenvalue weighted by atomic mass is 10.1. The minimum absolute atomic E-state index is 0.0184. The molecule has 0 aromatic heterocycles. The summed E-state index contributed by atoms with van der Waals surface area (Å²) in [5.74, 6) is 0.638. The van der Waals surface area contributed by atoms with E-state index < -0.39 is 0 Å². The molecule has 2 rings (SSSR count). The molecule has 0 bridgehead atoms. The fourth-order valence-corrected chi connectivity index (χ4v) is 2.46. The molecule has 0 heterocycles. The molecule has 128 valence electrons. The Kier molecular flexibility index (Phi) is 6.07. The van der Waals surface area contributed by atoms with Crippen molar-refractivity contribution < 1.29 is 9.53 Å².